The van der Waals surface area contributed by atoms with Crippen LogP contribution in [-0.2, 0) is 4.79 Å². The van der Waals surface area contributed by atoms with Crippen LogP contribution < -0.4 is 15.4 Å². The van der Waals surface area contributed by atoms with Gasteiger partial charge in [0.1, 0.15) is 5.75 Å². The maximum Gasteiger partial charge on any atom is 0.266 e. The number of rotatable bonds is 5. The first-order valence-corrected chi connectivity index (χ1v) is 8.52. The molecule has 0 bridgehead atoms. The van der Waals surface area contributed by atoms with Gasteiger partial charge in [0.05, 0.1) is 0 Å². The molecule has 3 atom stereocenters. The fourth-order valence-corrected chi connectivity index (χ4v) is 3.02. The number of para-hydroxylation sites is 1. The molecule has 5 heteroatoms. The maximum atomic E-state index is 12.9. The first-order chi connectivity index (χ1) is 11.7. The van der Waals surface area contributed by atoms with Gasteiger partial charge in [-0.25, -0.2) is 0 Å². The molecular weight excluding hydrogens is 336 g/mol. The average molecular weight is 361 g/mol. The van der Waals surface area contributed by atoms with E-state index in [1.807, 2.05) is 60.7 Å². The van der Waals surface area contributed by atoms with Crippen LogP contribution >= 0.6 is 12.4 Å². The number of benzene rings is 2. The second-order valence-corrected chi connectivity index (χ2v) is 6.31. The van der Waals surface area contributed by atoms with Crippen molar-refractivity contribution in [2.24, 2.45) is 5.92 Å². The van der Waals surface area contributed by atoms with Crippen LogP contribution in [0.5, 0.6) is 5.75 Å². The monoisotopic (exact) mass is 360 g/mol. The summed E-state index contributed by atoms with van der Waals surface area (Å²) in [6.07, 6.45) is 0.301. The van der Waals surface area contributed by atoms with Gasteiger partial charge in [0.2, 0.25) is 6.10 Å². The molecule has 1 fully saturated rings. The fraction of sp³-hybridized carbons (Fsp3) is 0.350. The van der Waals surface area contributed by atoms with E-state index >= 15 is 0 Å². The van der Waals surface area contributed by atoms with Crippen LogP contribution in [0.3, 0.4) is 0 Å². The lowest BCUT2D eigenvalue weighted by molar-refractivity contribution is -0.129. The van der Waals surface area contributed by atoms with Crippen LogP contribution in [-0.4, -0.2) is 25.0 Å². The van der Waals surface area contributed by atoms with Gasteiger partial charge in [0.15, 0.2) is 0 Å². The lowest BCUT2D eigenvalue weighted by Gasteiger charge is -2.31. The van der Waals surface area contributed by atoms with Gasteiger partial charge < -0.3 is 15.4 Å². The third kappa shape index (κ3) is 5.21. The van der Waals surface area contributed by atoms with Gasteiger partial charge in [-0.05, 0) is 37.6 Å². The van der Waals surface area contributed by atoms with Gasteiger partial charge in [-0.3, -0.25) is 4.79 Å². The number of nitrogens with one attached hydrogen (secondary N) is 2. The lowest BCUT2D eigenvalue weighted by atomic mass is 9.95. The van der Waals surface area contributed by atoms with E-state index in [0.717, 1.165) is 25.1 Å². The van der Waals surface area contributed by atoms with E-state index in [1.54, 1.807) is 0 Å². The molecule has 1 heterocycles. The van der Waals surface area contributed by atoms with Crippen molar-refractivity contribution in [2.45, 2.75) is 25.5 Å². The van der Waals surface area contributed by atoms with Gasteiger partial charge in [0, 0.05) is 11.6 Å². The van der Waals surface area contributed by atoms with Crippen molar-refractivity contribution in [3.8, 4) is 5.75 Å². The highest BCUT2D eigenvalue weighted by atomic mass is 35.5. The van der Waals surface area contributed by atoms with Crippen molar-refractivity contribution in [1.29, 1.82) is 0 Å². The zero-order valence-electron chi connectivity index (χ0n) is 14.4. The number of hydrogen-bond donors (Lipinski definition) is 2. The molecule has 1 amide bonds. The molecule has 4 nitrogen and oxygen atoms in total. The summed E-state index contributed by atoms with van der Waals surface area (Å²) in [6, 6.07) is 19.3. The summed E-state index contributed by atoms with van der Waals surface area (Å²) in [7, 11) is 0. The molecule has 1 aliphatic rings. The maximum absolute atomic E-state index is 12.9. The number of carbonyl (C=O) groups excluding carboxylic acids is 1. The summed E-state index contributed by atoms with van der Waals surface area (Å²) in [4.78, 5) is 12.9. The van der Waals surface area contributed by atoms with E-state index < -0.39 is 6.10 Å². The third-order valence-electron chi connectivity index (χ3n) is 4.45. The Morgan fingerprint density at radius 3 is 2.40 bits per heavy atom. The highest BCUT2D eigenvalue weighted by Gasteiger charge is 2.28. The molecule has 0 radical (unpaired) electrons. The second-order valence-electron chi connectivity index (χ2n) is 6.31. The van der Waals surface area contributed by atoms with E-state index in [0.29, 0.717) is 11.7 Å². The molecule has 2 aromatic rings. The number of carbonyl (C=O) groups is 1. The Bertz CT molecular complexity index is 651. The van der Waals surface area contributed by atoms with Crippen LogP contribution in [0.2, 0.25) is 0 Å². The first kappa shape index (κ1) is 19.3. The normalized spacial score (nSPS) is 20.8. The molecule has 25 heavy (non-hydrogen) atoms. The molecule has 0 spiro atoms. The largest absolute Gasteiger partial charge is 0.476 e. The Hall–Kier alpha value is -2.04. The summed E-state index contributed by atoms with van der Waals surface area (Å²) in [5.41, 5.74) is 0.862. The van der Waals surface area contributed by atoms with Crippen LogP contribution in [0.4, 0.5) is 0 Å². The predicted molar refractivity (Wildman–Crippen MR) is 102 cm³/mol. The minimum Gasteiger partial charge on any atom is -0.476 e. The Morgan fingerprint density at radius 1 is 1.12 bits per heavy atom. The zero-order chi connectivity index (χ0) is 16.8. The van der Waals surface area contributed by atoms with Crippen LogP contribution in [0.25, 0.3) is 0 Å². The molecule has 0 aliphatic carbocycles. The SMILES string of the molecule is CC1CNCCC1NC(=O)C(Oc1ccccc1)c1ccccc1.Cl. The van der Waals surface area contributed by atoms with Crippen molar-refractivity contribution < 1.29 is 9.53 Å². The average Bonchev–Trinajstić information content (AvgIpc) is 2.63. The summed E-state index contributed by atoms with van der Waals surface area (Å²) in [6.45, 7) is 4.03. The summed E-state index contributed by atoms with van der Waals surface area (Å²) < 4.78 is 6.01. The second kappa shape index (κ2) is 9.44. The molecule has 3 rings (SSSR count). The summed E-state index contributed by atoms with van der Waals surface area (Å²) in [5, 5.41) is 6.54. The molecule has 1 saturated heterocycles. The van der Waals surface area contributed by atoms with Gasteiger partial charge in [-0.1, -0.05) is 55.5 Å². The molecule has 3 unspecified atom stereocenters. The quantitative estimate of drug-likeness (QED) is 0.859. The molecule has 2 aromatic carbocycles. The Labute approximate surface area is 155 Å². The van der Waals surface area contributed by atoms with Crippen molar-refractivity contribution in [3.05, 3.63) is 66.2 Å². The summed E-state index contributed by atoms with van der Waals surface area (Å²) >= 11 is 0. The van der Waals surface area contributed by atoms with Gasteiger partial charge in [-0.2, -0.15) is 0 Å². The highest BCUT2D eigenvalue weighted by molar-refractivity contribution is 5.85. The van der Waals surface area contributed by atoms with Crippen molar-refractivity contribution in [1.82, 2.24) is 10.6 Å². The smallest absolute Gasteiger partial charge is 0.266 e. The summed E-state index contributed by atoms with van der Waals surface area (Å²) in [5.74, 6) is 1.03. The number of amides is 1. The van der Waals surface area contributed by atoms with Crippen molar-refractivity contribution >= 4 is 18.3 Å². The van der Waals surface area contributed by atoms with Gasteiger partial charge in [-0.15, -0.1) is 12.4 Å². The number of ether oxygens (including phenoxy) is 1. The number of piperidine rings is 1. The van der Waals surface area contributed by atoms with Gasteiger partial charge in [0.25, 0.3) is 5.91 Å². The first-order valence-electron chi connectivity index (χ1n) is 8.52. The van der Waals surface area contributed by atoms with Crippen molar-refractivity contribution in [3.63, 3.8) is 0 Å². The Balaban J connectivity index is 0.00000225. The van der Waals surface area contributed by atoms with E-state index in [2.05, 4.69) is 17.6 Å². The lowest BCUT2D eigenvalue weighted by Crippen LogP contribution is -2.50. The topological polar surface area (TPSA) is 50.4 Å². The third-order valence-corrected chi connectivity index (χ3v) is 4.45. The predicted octanol–water partition coefficient (Wildman–Crippen LogP) is 3.34. The zero-order valence-corrected chi connectivity index (χ0v) is 15.2. The van der Waals surface area contributed by atoms with Crippen LogP contribution in [0, 0.1) is 5.92 Å². The minimum atomic E-state index is -0.643. The van der Waals surface area contributed by atoms with E-state index in [1.165, 1.54) is 0 Å². The van der Waals surface area contributed by atoms with E-state index in [9.17, 15) is 4.79 Å². The van der Waals surface area contributed by atoms with Gasteiger partial charge >= 0.3 is 0 Å². The molecular formula is C20H25ClN2O2. The number of hydrogen-bond acceptors (Lipinski definition) is 3. The van der Waals surface area contributed by atoms with Crippen LogP contribution in [0.1, 0.15) is 25.0 Å². The Morgan fingerprint density at radius 2 is 1.76 bits per heavy atom. The molecule has 134 valence electrons. The van der Waals surface area contributed by atoms with E-state index in [-0.39, 0.29) is 24.4 Å². The standard InChI is InChI=1S/C20H24N2O2.ClH/c1-15-14-21-13-12-18(15)22-20(23)19(16-8-4-2-5-9-16)24-17-10-6-3-7-11-17;/h2-11,15,18-19,21H,12-14H2,1H3,(H,22,23);1H. The Kier molecular flexibility index (Phi) is 7.29. The van der Waals surface area contributed by atoms with Crippen LogP contribution in [0.15, 0.2) is 60.7 Å². The molecule has 0 aromatic heterocycles. The van der Waals surface area contributed by atoms with E-state index in [4.69, 9.17) is 4.74 Å². The minimum absolute atomic E-state index is 0. The molecule has 0 saturated carbocycles. The fourth-order valence-electron chi connectivity index (χ4n) is 3.02. The molecule has 2 N–H and O–H groups in total. The van der Waals surface area contributed by atoms with Crippen molar-refractivity contribution in [2.75, 3.05) is 13.1 Å². The highest BCUT2D eigenvalue weighted by Crippen LogP contribution is 2.23. The number of halogens is 1. The molecule has 1 aliphatic heterocycles.